The van der Waals surface area contributed by atoms with Crippen molar-refractivity contribution >= 4 is 17.5 Å². The van der Waals surface area contributed by atoms with Crippen molar-refractivity contribution in [2.24, 2.45) is 0 Å². The van der Waals surface area contributed by atoms with E-state index in [-0.39, 0.29) is 30.9 Å². The number of nitrogens with zero attached hydrogens (tertiary/aromatic N) is 5. The maximum absolute atomic E-state index is 13.3. The van der Waals surface area contributed by atoms with E-state index in [0.717, 1.165) is 31.2 Å². The zero-order chi connectivity index (χ0) is 23.0. The van der Waals surface area contributed by atoms with Crippen LogP contribution in [-0.4, -0.2) is 51.7 Å². The number of benzene rings is 2. The van der Waals surface area contributed by atoms with Gasteiger partial charge in [-0.15, -0.1) is 10.2 Å². The molecule has 0 aliphatic heterocycles. The number of hydrogen-bond acceptors (Lipinski definition) is 6. The minimum absolute atomic E-state index is 0.0945. The molecule has 1 aromatic heterocycles. The van der Waals surface area contributed by atoms with Crippen LogP contribution in [0.4, 0.5) is 5.69 Å². The average molecular weight is 449 g/mol. The van der Waals surface area contributed by atoms with Gasteiger partial charge in [0, 0.05) is 23.4 Å². The van der Waals surface area contributed by atoms with Crippen molar-refractivity contribution in [3.05, 3.63) is 54.6 Å². The first-order valence-electron chi connectivity index (χ1n) is 11.2. The van der Waals surface area contributed by atoms with E-state index in [1.165, 1.54) is 16.1 Å². The first-order valence-corrected chi connectivity index (χ1v) is 11.2. The molecule has 1 heterocycles. The summed E-state index contributed by atoms with van der Waals surface area (Å²) >= 11 is 0. The summed E-state index contributed by atoms with van der Waals surface area (Å²) in [6.07, 6.45) is 5.39. The summed E-state index contributed by atoms with van der Waals surface area (Å²) in [6.45, 7) is -0.240. The molecule has 0 bridgehead atoms. The van der Waals surface area contributed by atoms with Gasteiger partial charge >= 0.3 is 0 Å². The van der Waals surface area contributed by atoms with E-state index in [2.05, 4.69) is 20.7 Å². The Morgan fingerprint density at radius 3 is 2.64 bits per heavy atom. The number of amides is 2. The Bertz CT molecular complexity index is 1080. The van der Waals surface area contributed by atoms with E-state index < -0.39 is 0 Å². The molecule has 3 aromatic rings. The van der Waals surface area contributed by atoms with Crippen LogP contribution in [0.2, 0.25) is 0 Å². The molecule has 1 aliphatic rings. The van der Waals surface area contributed by atoms with Gasteiger partial charge < -0.3 is 15.0 Å². The second kappa shape index (κ2) is 10.7. The smallest absolute Gasteiger partial charge is 0.251 e. The Hall–Kier alpha value is -3.75. The molecule has 1 fully saturated rings. The summed E-state index contributed by atoms with van der Waals surface area (Å²) < 4.78 is 5.30. The molecule has 0 spiro atoms. The second-order valence-corrected chi connectivity index (χ2v) is 8.09. The molecule has 0 unspecified atom stereocenters. The van der Waals surface area contributed by atoms with E-state index >= 15 is 0 Å². The number of methoxy groups -OCH3 is 1. The molecule has 9 nitrogen and oxygen atoms in total. The van der Waals surface area contributed by atoms with E-state index in [4.69, 9.17) is 4.74 Å². The highest BCUT2D eigenvalue weighted by Crippen LogP contribution is 2.22. The van der Waals surface area contributed by atoms with Crippen LogP contribution in [-0.2, 0) is 16.1 Å². The lowest BCUT2D eigenvalue weighted by atomic mass is 9.95. The molecule has 0 saturated heterocycles. The zero-order valence-electron chi connectivity index (χ0n) is 18.7. The Kier molecular flexibility index (Phi) is 7.29. The summed E-state index contributed by atoms with van der Waals surface area (Å²) in [6, 6.07) is 16.7. The average Bonchev–Trinajstić information content (AvgIpc) is 3.32. The van der Waals surface area contributed by atoms with Gasteiger partial charge in [0.05, 0.1) is 7.11 Å². The molecule has 1 aliphatic carbocycles. The molecule has 2 amide bonds. The van der Waals surface area contributed by atoms with Crippen molar-refractivity contribution < 1.29 is 14.3 Å². The third kappa shape index (κ3) is 5.94. The Morgan fingerprint density at radius 2 is 1.88 bits per heavy atom. The highest BCUT2D eigenvalue weighted by Gasteiger charge is 2.23. The van der Waals surface area contributed by atoms with Crippen molar-refractivity contribution in [3.8, 4) is 17.1 Å². The van der Waals surface area contributed by atoms with Gasteiger partial charge in [0.2, 0.25) is 11.7 Å². The minimum Gasteiger partial charge on any atom is -0.497 e. The van der Waals surface area contributed by atoms with Crippen molar-refractivity contribution in [2.75, 3.05) is 18.6 Å². The fourth-order valence-electron chi connectivity index (χ4n) is 3.99. The lowest BCUT2D eigenvalue weighted by molar-refractivity contribution is -0.124. The topological polar surface area (TPSA) is 102 Å². The number of tetrazole rings is 1. The molecular weight excluding hydrogens is 420 g/mol. The number of nitrogens with one attached hydrogen (secondary N) is 1. The maximum atomic E-state index is 13.3. The van der Waals surface area contributed by atoms with Crippen molar-refractivity contribution in [2.45, 2.75) is 44.7 Å². The zero-order valence-corrected chi connectivity index (χ0v) is 18.7. The molecule has 172 valence electrons. The van der Waals surface area contributed by atoms with E-state index in [1.54, 1.807) is 31.4 Å². The lowest BCUT2D eigenvalue weighted by Gasteiger charge is -2.26. The number of rotatable bonds is 8. The summed E-state index contributed by atoms with van der Waals surface area (Å²) in [5.41, 5.74) is 1.38. The number of carbonyl (C=O) groups excluding carboxylic acids is 2. The van der Waals surface area contributed by atoms with Gasteiger partial charge in [0.1, 0.15) is 18.8 Å². The summed E-state index contributed by atoms with van der Waals surface area (Å²) in [7, 11) is 1.56. The summed E-state index contributed by atoms with van der Waals surface area (Å²) in [5, 5.41) is 15.5. The molecule has 0 atom stereocenters. The Balaban J connectivity index is 1.50. The standard InChI is InChI=1S/C24H28N6O3/c1-33-21-14-8-13-20(15-21)29(16-22(31)25-19-11-6-3-7-12-19)23(32)17-30-27-24(26-28-30)18-9-4-2-5-10-18/h2,4-5,8-10,13-15,19H,3,6-7,11-12,16-17H2,1H3,(H,25,31). The van der Waals surface area contributed by atoms with Gasteiger partial charge in [-0.3, -0.25) is 9.59 Å². The third-order valence-electron chi connectivity index (χ3n) is 5.70. The van der Waals surface area contributed by atoms with Gasteiger partial charge in [-0.05, 0) is 30.2 Å². The van der Waals surface area contributed by atoms with Crippen LogP contribution in [0.25, 0.3) is 11.4 Å². The number of carbonyl (C=O) groups is 2. The van der Waals surface area contributed by atoms with Crippen LogP contribution >= 0.6 is 0 Å². The van der Waals surface area contributed by atoms with E-state index in [0.29, 0.717) is 17.3 Å². The van der Waals surface area contributed by atoms with Crippen LogP contribution in [0.15, 0.2) is 54.6 Å². The van der Waals surface area contributed by atoms with Crippen LogP contribution < -0.4 is 15.0 Å². The number of aromatic nitrogens is 4. The first kappa shape index (κ1) is 22.4. The van der Waals surface area contributed by atoms with E-state index in [1.807, 2.05) is 30.3 Å². The van der Waals surface area contributed by atoms with Crippen molar-refractivity contribution in [3.63, 3.8) is 0 Å². The van der Waals surface area contributed by atoms with Crippen molar-refractivity contribution in [1.82, 2.24) is 25.5 Å². The first-order chi connectivity index (χ1) is 16.1. The SMILES string of the molecule is COc1cccc(N(CC(=O)NC2CCCCC2)C(=O)Cn2nnc(-c3ccccc3)n2)c1. The fourth-order valence-corrected chi connectivity index (χ4v) is 3.99. The van der Waals surface area contributed by atoms with Crippen LogP contribution in [0.5, 0.6) is 5.75 Å². The van der Waals surface area contributed by atoms with Gasteiger partial charge in [-0.1, -0.05) is 55.7 Å². The molecule has 4 rings (SSSR count). The molecule has 0 radical (unpaired) electrons. The molecule has 1 N–H and O–H groups in total. The predicted molar refractivity (Wildman–Crippen MR) is 124 cm³/mol. The van der Waals surface area contributed by atoms with Gasteiger partial charge in [0.15, 0.2) is 0 Å². The van der Waals surface area contributed by atoms with Crippen LogP contribution in [0, 0.1) is 0 Å². The number of hydrogen-bond donors (Lipinski definition) is 1. The minimum atomic E-state index is -0.320. The molecule has 1 saturated carbocycles. The van der Waals surface area contributed by atoms with Crippen LogP contribution in [0.1, 0.15) is 32.1 Å². The third-order valence-corrected chi connectivity index (χ3v) is 5.70. The van der Waals surface area contributed by atoms with Crippen LogP contribution in [0.3, 0.4) is 0 Å². The maximum Gasteiger partial charge on any atom is 0.251 e. The monoisotopic (exact) mass is 448 g/mol. The van der Waals surface area contributed by atoms with Gasteiger partial charge in [-0.2, -0.15) is 4.80 Å². The number of anilines is 1. The summed E-state index contributed by atoms with van der Waals surface area (Å²) in [5.74, 6) is 0.531. The largest absolute Gasteiger partial charge is 0.497 e. The fraction of sp³-hybridized carbons (Fsp3) is 0.375. The Morgan fingerprint density at radius 1 is 1.09 bits per heavy atom. The molecule has 2 aromatic carbocycles. The highest BCUT2D eigenvalue weighted by atomic mass is 16.5. The number of ether oxygens (including phenoxy) is 1. The Labute approximate surface area is 192 Å². The molecule has 33 heavy (non-hydrogen) atoms. The van der Waals surface area contributed by atoms with Gasteiger partial charge in [-0.25, -0.2) is 0 Å². The quantitative estimate of drug-likeness (QED) is 0.569. The van der Waals surface area contributed by atoms with Gasteiger partial charge in [0.25, 0.3) is 5.91 Å². The predicted octanol–water partition coefficient (Wildman–Crippen LogP) is 2.83. The summed E-state index contributed by atoms with van der Waals surface area (Å²) in [4.78, 5) is 28.8. The lowest BCUT2D eigenvalue weighted by Crippen LogP contribution is -2.46. The van der Waals surface area contributed by atoms with Crippen molar-refractivity contribution in [1.29, 1.82) is 0 Å². The normalized spacial score (nSPS) is 14.0. The highest BCUT2D eigenvalue weighted by molar-refractivity contribution is 5.98. The second-order valence-electron chi connectivity index (χ2n) is 8.09. The molecule has 9 heteroatoms. The molecular formula is C24H28N6O3. The van der Waals surface area contributed by atoms with E-state index in [9.17, 15) is 9.59 Å².